The third-order valence-electron chi connectivity index (χ3n) is 6.79. The van der Waals surface area contributed by atoms with E-state index >= 15 is 0 Å². The fraction of sp³-hybridized carbons (Fsp3) is 0.448. The van der Waals surface area contributed by atoms with Crippen LogP contribution in [0.1, 0.15) is 50.7 Å². The van der Waals surface area contributed by atoms with E-state index in [1.54, 1.807) is 11.0 Å². The summed E-state index contributed by atoms with van der Waals surface area (Å²) in [4.78, 5) is 28.0. The molecule has 2 aliphatic heterocycles. The first kappa shape index (κ1) is 26.7. The molecule has 2 bridgehead atoms. The quantitative estimate of drug-likeness (QED) is 0.356. The normalized spacial score (nSPS) is 18.8. The number of halogens is 1. The summed E-state index contributed by atoms with van der Waals surface area (Å²) in [5.41, 5.74) is 2.79. The maximum absolute atomic E-state index is 14.3. The zero-order valence-corrected chi connectivity index (χ0v) is 21.7. The summed E-state index contributed by atoms with van der Waals surface area (Å²) in [5, 5.41) is 2.97. The van der Waals surface area contributed by atoms with E-state index in [-0.39, 0.29) is 24.8 Å². The Balaban J connectivity index is 1.59. The molecule has 0 radical (unpaired) electrons. The molecule has 2 aliphatic rings. The van der Waals surface area contributed by atoms with Crippen LogP contribution >= 0.6 is 0 Å². The maximum Gasteiger partial charge on any atom is 0.336 e. The smallest absolute Gasteiger partial charge is 0.336 e. The topological polar surface area (TPSA) is 77.1 Å². The number of esters is 1. The second kappa shape index (κ2) is 12.2. The molecule has 4 rings (SSSR count). The first-order valence-corrected chi connectivity index (χ1v) is 12.8. The van der Waals surface area contributed by atoms with Gasteiger partial charge in [-0.3, -0.25) is 0 Å². The van der Waals surface area contributed by atoms with E-state index in [0.29, 0.717) is 49.3 Å². The Morgan fingerprint density at radius 3 is 2.65 bits per heavy atom. The molecule has 2 heterocycles. The fourth-order valence-corrected chi connectivity index (χ4v) is 5.12. The van der Waals surface area contributed by atoms with E-state index in [0.717, 1.165) is 17.6 Å². The zero-order chi connectivity index (χ0) is 26.4. The van der Waals surface area contributed by atoms with Crippen LogP contribution in [0, 0.1) is 5.82 Å². The van der Waals surface area contributed by atoms with Gasteiger partial charge in [-0.25, -0.2) is 14.0 Å². The van der Waals surface area contributed by atoms with Crippen LogP contribution in [0.15, 0.2) is 54.1 Å². The summed E-state index contributed by atoms with van der Waals surface area (Å²) >= 11 is 0. The van der Waals surface area contributed by atoms with Crippen molar-refractivity contribution in [2.75, 3.05) is 20.3 Å². The van der Waals surface area contributed by atoms with Crippen LogP contribution < -0.4 is 10.1 Å². The second-order valence-corrected chi connectivity index (χ2v) is 9.66. The summed E-state index contributed by atoms with van der Waals surface area (Å²) in [5.74, 6) is -0.544. The Morgan fingerprint density at radius 2 is 1.92 bits per heavy atom. The predicted molar refractivity (Wildman–Crippen MR) is 138 cm³/mol. The molecule has 1 N–H and O–H groups in total. The second-order valence-electron chi connectivity index (χ2n) is 9.66. The molecule has 0 saturated carbocycles. The van der Waals surface area contributed by atoms with Crippen LogP contribution in [0.2, 0.25) is 0 Å². The first-order valence-electron chi connectivity index (χ1n) is 12.8. The molecule has 1 saturated heterocycles. The highest BCUT2D eigenvalue weighted by molar-refractivity contribution is 6.01. The van der Waals surface area contributed by atoms with Gasteiger partial charge in [-0.2, -0.15) is 0 Å². The summed E-state index contributed by atoms with van der Waals surface area (Å²) in [7, 11) is 1.34. The molecular formula is C29H35FN2O5. The molecule has 2 aromatic carbocycles. The van der Waals surface area contributed by atoms with Crippen molar-refractivity contribution < 1.29 is 28.2 Å². The molecule has 0 aliphatic carbocycles. The van der Waals surface area contributed by atoms with Crippen molar-refractivity contribution in [3.8, 4) is 5.75 Å². The summed E-state index contributed by atoms with van der Waals surface area (Å²) in [6.45, 7) is 5.27. The van der Waals surface area contributed by atoms with E-state index < -0.39 is 17.8 Å². The molecule has 0 aromatic heterocycles. The Hall–Kier alpha value is -3.39. The number of carbonyl (C=O) groups excluding carboxylic acids is 2. The number of methoxy groups -OCH3 is 1. The lowest BCUT2D eigenvalue weighted by atomic mass is 9.88. The van der Waals surface area contributed by atoms with E-state index in [1.165, 1.54) is 19.2 Å². The zero-order valence-electron chi connectivity index (χ0n) is 21.7. The number of rotatable bonds is 10. The number of nitrogens with one attached hydrogen (secondary N) is 1. The van der Waals surface area contributed by atoms with E-state index in [1.807, 2.05) is 44.2 Å². The number of carbonyl (C=O) groups is 2. The van der Waals surface area contributed by atoms with Crippen molar-refractivity contribution in [3.63, 3.8) is 0 Å². The predicted octanol–water partition coefficient (Wildman–Crippen LogP) is 5.09. The van der Waals surface area contributed by atoms with Crippen LogP contribution in [0.4, 0.5) is 9.18 Å². The van der Waals surface area contributed by atoms with Gasteiger partial charge < -0.3 is 24.4 Å². The largest absolute Gasteiger partial charge is 0.488 e. The molecule has 1 fully saturated rings. The number of hydrogen-bond donors (Lipinski definition) is 1. The van der Waals surface area contributed by atoms with Crippen molar-refractivity contribution in [3.05, 3.63) is 71.0 Å². The van der Waals surface area contributed by atoms with Gasteiger partial charge in [0.2, 0.25) is 0 Å². The van der Waals surface area contributed by atoms with E-state index in [9.17, 15) is 14.0 Å². The SMILES string of the molecule is COC(=O)C1=C(c2ccc(F)cc2OCc2ccccc2)C[C@@H]2CC[C@H]1N2C(=O)NCCCOC(C)C. The van der Waals surface area contributed by atoms with Gasteiger partial charge in [-0.1, -0.05) is 30.3 Å². The van der Waals surface area contributed by atoms with Crippen LogP contribution in [0.5, 0.6) is 5.75 Å². The Morgan fingerprint density at radius 1 is 1.14 bits per heavy atom. The minimum Gasteiger partial charge on any atom is -0.488 e. The third kappa shape index (κ3) is 6.31. The molecule has 2 atom stereocenters. The average molecular weight is 511 g/mol. The number of amides is 2. The highest BCUT2D eigenvalue weighted by atomic mass is 19.1. The summed E-state index contributed by atoms with van der Waals surface area (Å²) in [6.07, 6.45) is 2.73. The van der Waals surface area contributed by atoms with Gasteiger partial charge in [0.15, 0.2) is 0 Å². The molecule has 2 aromatic rings. The molecule has 8 heteroatoms. The van der Waals surface area contributed by atoms with Crippen LogP contribution in [-0.4, -0.2) is 55.3 Å². The van der Waals surface area contributed by atoms with Crippen molar-refractivity contribution >= 4 is 17.6 Å². The number of ether oxygens (including phenoxy) is 3. The molecule has 2 amide bonds. The molecule has 198 valence electrons. The van der Waals surface area contributed by atoms with Gasteiger partial charge in [0, 0.05) is 30.8 Å². The number of hydrogen-bond acceptors (Lipinski definition) is 5. The van der Waals surface area contributed by atoms with Gasteiger partial charge in [-0.05, 0) is 62.8 Å². The average Bonchev–Trinajstić information content (AvgIpc) is 3.20. The minimum atomic E-state index is -0.484. The number of fused-ring (bicyclic) bond motifs is 2. The van der Waals surface area contributed by atoms with Gasteiger partial charge >= 0.3 is 12.0 Å². The molecule has 7 nitrogen and oxygen atoms in total. The Labute approximate surface area is 217 Å². The number of benzene rings is 2. The molecular weight excluding hydrogens is 475 g/mol. The van der Waals surface area contributed by atoms with Gasteiger partial charge in [0.1, 0.15) is 18.2 Å². The molecule has 0 unspecified atom stereocenters. The van der Waals surface area contributed by atoms with E-state index in [2.05, 4.69) is 5.32 Å². The van der Waals surface area contributed by atoms with Gasteiger partial charge in [0.25, 0.3) is 0 Å². The fourth-order valence-electron chi connectivity index (χ4n) is 5.12. The van der Waals surface area contributed by atoms with E-state index in [4.69, 9.17) is 14.2 Å². The standard InChI is InChI=1S/C29H35FN2O5/c1-19(2)36-15-7-14-31-29(34)32-22-11-13-25(32)27(28(33)35-3)24(17-22)23-12-10-21(30)16-26(23)37-18-20-8-5-4-6-9-20/h4-6,8-10,12,16,19,22,25H,7,11,13-15,17-18H2,1-3H3,(H,31,34)/t22-,25+/m0/s1. The van der Waals surface area contributed by atoms with Crippen molar-refractivity contribution in [2.45, 2.75) is 64.3 Å². The lowest BCUT2D eigenvalue weighted by Gasteiger charge is -2.37. The summed E-state index contributed by atoms with van der Waals surface area (Å²) in [6, 6.07) is 13.3. The number of urea groups is 1. The van der Waals surface area contributed by atoms with Crippen molar-refractivity contribution in [2.24, 2.45) is 0 Å². The van der Waals surface area contributed by atoms with Crippen molar-refractivity contribution in [1.82, 2.24) is 10.2 Å². The monoisotopic (exact) mass is 510 g/mol. The van der Waals surface area contributed by atoms with Crippen LogP contribution in [0.25, 0.3) is 5.57 Å². The minimum absolute atomic E-state index is 0.0765. The number of nitrogens with zero attached hydrogens (tertiary/aromatic N) is 1. The van der Waals surface area contributed by atoms with Crippen LogP contribution in [0.3, 0.4) is 0 Å². The lowest BCUT2D eigenvalue weighted by Crippen LogP contribution is -2.51. The van der Waals surface area contributed by atoms with Gasteiger partial charge in [0.05, 0.1) is 24.8 Å². The Kier molecular flexibility index (Phi) is 8.82. The first-order chi connectivity index (χ1) is 17.9. The highest BCUT2D eigenvalue weighted by Crippen LogP contribution is 2.45. The summed E-state index contributed by atoms with van der Waals surface area (Å²) < 4.78 is 31.0. The highest BCUT2D eigenvalue weighted by Gasteiger charge is 2.47. The lowest BCUT2D eigenvalue weighted by molar-refractivity contribution is -0.136. The van der Waals surface area contributed by atoms with Crippen LogP contribution in [-0.2, 0) is 20.9 Å². The molecule has 37 heavy (non-hydrogen) atoms. The molecule has 0 spiro atoms. The Bertz CT molecular complexity index is 1130. The van der Waals surface area contributed by atoms with Crippen molar-refractivity contribution in [1.29, 1.82) is 0 Å². The maximum atomic E-state index is 14.3. The van der Waals surface area contributed by atoms with Gasteiger partial charge in [-0.15, -0.1) is 0 Å². The third-order valence-corrected chi connectivity index (χ3v) is 6.79.